The number of amides is 2. The maximum atomic E-state index is 13.2. The molecule has 0 aliphatic heterocycles. The third-order valence-electron chi connectivity index (χ3n) is 4.40. The third-order valence-corrected chi connectivity index (χ3v) is 4.40. The van der Waals surface area contributed by atoms with Crippen molar-refractivity contribution in [1.82, 2.24) is 4.90 Å². The first-order valence-corrected chi connectivity index (χ1v) is 9.48. The molecule has 10 nitrogen and oxygen atoms in total. The van der Waals surface area contributed by atoms with Crippen LogP contribution >= 0.6 is 0 Å². The Morgan fingerprint density at radius 1 is 0.875 bits per heavy atom. The largest absolute Gasteiger partial charge is 0.497 e. The highest BCUT2D eigenvalue weighted by Gasteiger charge is 2.22. The number of methoxy groups -OCH3 is 4. The molecule has 0 saturated heterocycles. The SMILES string of the molecule is COC(=O)CN(Cc1cc(OC)cc(OC)c1)C(=O)c1ccc(OCC(N)=O)c(OC)c1. The van der Waals surface area contributed by atoms with E-state index in [1.54, 1.807) is 18.2 Å². The van der Waals surface area contributed by atoms with Crippen LogP contribution in [-0.4, -0.2) is 64.3 Å². The van der Waals surface area contributed by atoms with Crippen LogP contribution in [0.1, 0.15) is 15.9 Å². The normalized spacial score (nSPS) is 10.1. The summed E-state index contributed by atoms with van der Waals surface area (Å²) in [7, 11) is 5.68. The Morgan fingerprint density at radius 3 is 2.06 bits per heavy atom. The van der Waals surface area contributed by atoms with Gasteiger partial charge < -0.3 is 34.3 Å². The van der Waals surface area contributed by atoms with E-state index in [9.17, 15) is 14.4 Å². The summed E-state index contributed by atoms with van der Waals surface area (Å²) in [4.78, 5) is 37.5. The highest BCUT2D eigenvalue weighted by Crippen LogP contribution is 2.29. The van der Waals surface area contributed by atoms with Gasteiger partial charge in [-0.2, -0.15) is 0 Å². The first-order chi connectivity index (χ1) is 15.3. The van der Waals surface area contributed by atoms with Gasteiger partial charge in [0.25, 0.3) is 11.8 Å². The Morgan fingerprint density at radius 2 is 1.53 bits per heavy atom. The van der Waals surface area contributed by atoms with Crippen molar-refractivity contribution in [3.8, 4) is 23.0 Å². The van der Waals surface area contributed by atoms with Gasteiger partial charge in [0.1, 0.15) is 18.0 Å². The van der Waals surface area contributed by atoms with Crippen LogP contribution in [0.3, 0.4) is 0 Å². The van der Waals surface area contributed by atoms with Gasteiger partial charge in [0.15, 0.2) is 18.1 Å². The average molecular weight is 446 g/mol. The molecule has 32 heavy (non-hydrogen) atoms. The highest BCUT2D eigenvalue weighted by atomic mass is 16.5. The number of ether oxygens (including phenoxy) is 5. The summed E-state index contributed by atoms with van der Waals surface area (Å²) in [5.41, 5.74) is 6.03. The average Bonchev–Trinajstić information content (AvgIpc) is 2.81. The van der Waals surface area contributed by atoms with Crippen molar-refractivity contribution < 1.29 is 38.1 Å². The fourth-order valence-electron chi connectivity index (χ4n) is 2.85. The molecule has 0 spiro atoms. The standard InChI is InChI=1S/C22H26N2O8/c1-28-16-7-14(8-17(10-16)29-2)11-24(12-21(26)31-4)22(27)15-5-6-18(19(9-15)30-3)32-13-20(23)25/h5-10H,11-13H2,1-4H3,(H2,23,25). The van der Waals surface area contributed by atoms with E-state index in [2.05, 4.69) is 0 Å². The molecule has 2 rings (SSSR count). The smallest absolute Gasteiger partial charge is 0.325 e. The number of carbonyl (C=O) groups is 3. The number of carbonyl (C=O) groups excluding carboxylic acids is 3. The predicted molar refractivity (Wildman–Crippen MR) is 114 cm³/mol. The Hall–Kier alpha value is -3.95. The Labute approximate surface area is 185 Å². The summed E-state index contributed by atoms with van der Waals surface area (Å²) in [5.74, 6) is -0.105. The lowest BCUT2D eigenvalue weighted by molar-refractivity contribution is -0.141. The second kappa shape index (κ2) is 11.4. The number of nitrogens with two attached hydrogens (primary N) is 1. The summed E-state index contributed by atoms with van der Waals surface area (Å²) in [5, 5.41) is 0. The molecule has 0 heterocycles. The van der Waals surface area contributed by atoms with E-state index in [0.717, 1.165) is 0 Å². The molecular formula is C22H26N2O8. The molecule has 172 valence electrons. The molecule has 10 heteroatoms. The maximum Gasteiger partial charge on any atom is 0.325 e. The zero-order valence-electron chi connectivity index (χ0n) is 18.4. The minimum absolute atomic E-state index is 0.0870. The monoisotopic (exact) mass is 446 g/mol. The van der Waals surface area contributed by atoms with E-state index < -0.39 is 17.8 Å². The van der Waals surface area contributed by atoms with Crippen LogP contribution in [0.15, 0.2) is 36.4 Å². The second-order valence-corrected chi connectivity index (χ2v) is 6.58. The van der Waals surface area contributed by atoms with E-state index in [1.165, 1.54) is 51.5 Å². The molecule has 0 aliphatic rings. The predicted octanol–water partition coefficient (Wildman–Crippen LogP) is 1.39. The lowest BCUT2D eigenvalue weighted by Gasteiger charge is -2.23. The Bertz CT molecular complexity index is 954. The van der Waals surface area contributed by atoms with Gasteiger partial charge in [-0.15, -0.1) is 0 Å². The molecule has 0 atom stereocenters. The molecule has 0 fully saturated rings. The number of primary amides is 1. The maximum absolute atomic E-state index is 13.2. The first kappa shape index (κ1) is 24.3. The van der Waals surface area contributed by atoms with E-state index in [4.69, 9.17) is 29.4 Å². The summed E-state index contributed by atoms with van der Waals surface area (Å²) in [6.45, 7) is -0.531. The van der Waals surface area contributed by atoms with Crippen LogP contribution in [0.2, 0.25) is 0 Å². The lowest BCUT2D eigenvalue weighted by Crippen LogP contribution is -2.35. The highest BCUT2D eigenvalue weighted by molar-refractivity contribution is 5.96. The number of esters is 1. The molecule has 0 aliphatic carbocycles. The first-order valence-electron chi connectivity index (χ1n) is 9.48. The summed E-state index contributed by atoms with van der Waals surface area (Å²) in [6.07, 6.45) is 0. The molecule has 0 bridgehead atoms. The van der Waals surface area contributed by atoms with E-state index in [0.29, 0.717) is 17.1 Å². The number of rotatable bonds is 11. The lowest BCUT2D eigenvalue weighted by atomic mass is 10.1. The van der Waals surface area contributed by atoms with Crippen molar-refractivity contribution in [2.75, 3.05) is 41.6 Å². The number of benzene rings is 2. The number of nitrogens with zero attached hydrogens (tertiary/aromatic N) is 1. The van der Waals surface area contributed by atoms with Crippen molar-refractivity contribution in [2.24, 2.45) is 5.73 Å². The van der Waals surface area contributed by atoms with E-state index in [-0.39, 0.29) is 36.8 Å². The quantitative estimate of drug-likeness (QED) is 0.513. The van der Waals surface area contributed by atoms with Crippen molar-refractivity contribution in [3.05, 3.63) is 47.5 Å². The minimum Gasteiger partial charge on any atom is -0.497 e. The van der Waals surface area contributed by atoms with Gasteiger partial charge in [-0.1, -0.05) is 0 Å². The zero-order chi connectivity index (χ0) is 23.7. The van der Waals surface area contributed by atoms with E-state index >= 15 is 0 Å². The second-order valence-electron chi connectivity index (χ2n) is 6.58. The summed E-state index contributed by atoms with van der Waals surface area (Å²) < 4.78 is 25.8. The van der Waals surface area contributed by atoms with Crippen molar-refractivity contribution in [2.45, 2.75) is 6.54 Å². The van der Waals surface area contributed by atoms with Gasteiger partial charge in [0.05, 0.1) is 28.4 Å². The van der Waals surface area contributed by atoms with Gasteiger partial charge in [0.2, 0.25) is 0 Å². The molecular weight excluding hydrogens is 420 g/mol. The molecule has 2 amide bonds. The molecule has 2 aromatic carbocycles. The van der Waals surface area contributed by atoms with Crippen LogP contribution in [0.4, 0.5) is 0 Å². The molecule has 0 aromatic heterocycles. The molecule has 0 unspecified atom stereocenters. The van der Waals surface area contributed by atoms with Crippen LogP contribution in [0.25, 0.3) is 0 Å². The Kier molecular flexibility index (Phi) is 8.70. The van der Waals surface area contributed by atoms with Crippen LogP contribution in [0, 0.1) is 0 Å². The molecule has 0 saturated carbocycles. The van der Waals surface area contributed by atoms with Crippen molar-refractivity contribution in [1.29, 1.82) is 0 Å². The molecule has 2 N–H and O–H groups in total. The number of hydrogen-bond donors (Lipinski definition) is 1. The van der Waals surface area contributed by atoms with Crippen LogP contribution in [0.5, 0.6) is 23.0 Å². The van der Waals surface area contributed by atoms with Crippen LogP contribution < -0.4 is 24.7 Å². The van der Waals surface area contributed by atoms with Gasteiger partial charge in [-0.25, -0.2) is 0 Å². The fraction of sp³-hybridized carbons (Fsp3) is 0.318. The molecule has 2 aromatic rings. The summed E-state index contributed by atoms with van der Waals surface area (Å²) in [6, 6.07) is 9.61. The van der Waals surface area contributed by atoms with Gasteiger partial charge >= 0.3 is 5.97 Å². The zero-order valence-corrected chi connectivity index (χ0v) is 18.4. The minimum atomic E-state index is -0.648. The van der Waals surface area contributed by atoms with Crippen molar-refractivity contribution in [3.63, 3.8) is 0 Å². The van der Waals surface area contributed by atoms with Gasteiger partial charge in [0, 0.05) is 18.2 Å². The van der Waals surface area contributed by atoms with Gasteiger partial charge in [-0.3, -0.25) is 14.4 Å². The third kappa shape index (κ3) is 6.53. The summed E-state index contributed by atoms with van der Waals surface area (Å²) >= 11 is 0. The van der Waals surface area contributed by atoms with E-state index in [1.807, 2.05) is 0 Å². The number of hydrogen-bond acceptors (Lipinski definition) is 8. The fourth-order valence-corrected chi connectivity index (χ4v) is 2.85. The Balaban J connectivity index is 2.35. The van der Waals surface area contributed by atoms with Crippen molar-refractivity contribution >= 4 is 17.8 Å². The molecule has 0 radical (unpaired) electrons. The van der Waals surface area contributed by atoms with Gasteiger partial charge in [-0.05, 0) is 35.9 Å². The van der Waals surface area contributed by atoms with Crippen LogP contribution in [-0.2, 0) is 20.9 Å². The topological polar surface area (TPSA) is 127 Å².